The Morgan fingerprint density at radius 1 is 1.46 bits per heavy atom. The third-order valence-electron chi connectivity index (χ3n) is 1.40. The van der Waals surface area contributed by atoms with Gasteiger partial charge in [-0.05, 0) is 18.9 Å². The molecule has 0 aromatic rings. The minimum atomic E-state index is -1.35. The summed E-state index contributed by atoms with van der Waals surface area (Å²) in [5, 5.41) is 10.2. The van der Waals surface area contributed by atoms with E-state index in [9.17, 15) is 14.7 Å². The lowest BCUT2D eigenvalue weighted by Crippen LogP contribution is -2.23. The van der Waals surface area contributed by atoms with Gasteiger partial charge in [-0.25, -0.2) is 4.79 Å². The molecular formula is C9H13O4-. The molecule has 0 aliphatic carbocycles. The Morgan fingerprint density at radius 3 is 2.54 bits per heavy atom. The van der Waals surface area contributed by atoms with Gasteiger partial charge < -0.3 is 14.6 Å². The fraction of sp³-hybridized carbons (Fsp3) is 0.556. The summed E-state index contributed by atoms with van der Waals surface area (Å²) in [7, 11) is 0. The van der Waals surface area contributed by atoms with Crippen LogP contribution in [0.5, 0.6) is 0 Å². The van der Waals surface area contributed by atoms with Gasteiger partial charge in [-0.1, -0.05) is 13.3 Å². The first kappa shape index (κ1) is 11.7. The van der Waals surface area contributed by atoms with E-state index < -0.39 is 11.9 Å². The third kappa shape index (κ3) is 5.90. The quantitative estimate of drug-likeness (QED) is 0.344. The second-order valence-electron chi connectivity index (χ2n) is 2.64. The first-order chi connectivity index (χ1) is 6.07. The van der Waals surface area contributed by atoms with Crippen LogP contribution in [0.25, 0.3) is 0 Å². The highest BCUT2D eigenvalue weighted by molar-refractivity contribution is 5.93. The van der Waals surface area contributed by atoms with Crippen LogP contribution in [0.15, 0.2) is 11.6 Å². The van der Waals surface area contributed by atoms with Crippen LogP contribution in [0.2, 0.25) is 0 Å². The molecule has 0 bridgehead atoms. The molecule has 4 nitrogen and oxygen atoms in total. The molecule has 4 heteroatoms. The lowest BCUT2D eigenvalue weighted by atomic mass is 10.3. The van der Waals surface area contributed by atoms with E-state index in [0.717, 1.165) is 18.9 Å². The van der Waals surface area contributed by atoms with Gasteiger partial charge in [0.1, 0.15) is 0 Å². The number of esters is 1. The van der Waals surface area contributed by atoms with Gasteiger partial charge >= 0.3 is 5.97 Å². The summed E-state index contributed by atoms with van der Waals surface area (Å²) >= 11 is 0. The van der Waals surface area contributed by atoms with Crippen molar-refractivity contribution in [2.45, 2.75) is 26.7 Å². The van der Waals surface area contributed by atoms with Gasteiger partial charge in [0, 0.05) is 6.08 Å². The number of aliphatic carboxylic acids is 1. The topological polar surface area (TPSA) is 66.4 Å². The molecule has 0 radical (unpaired) electrons. The number of carbonyl (C=O) groups is 2. The summed E-state index contributed by atoms with van der Waals surface area (Å²) in [4.78, 5) is 21.0. The Morgan fingerprint density at radius 2 is 2.08 bits per heavy atom. The number of carboxylic acids is 1. The molecule has 0 unspecified atom stereocenters. The van der Waals surface area contributed by atoms with Crippen molar-refractivity contribution in [2.75, 3.05) is 6.61 Å². The van der Waals surface area contributed by atoms with Crippen LogP contribution < -0.4 is 5.11 Å². The Kier molecular flexibility index (Phi) is 5.59. The maximum atomic E-state index is 10.8. The summed E-state index contributed by atoms with van der Waals surface area (Å²) < 4.78 is 4.70. The summed E-state index contributed by atoms with van der Waals surface area (Å²) in [6.45, 7) is 3.58. The largest absolute Gasteiger partial charge is 0.545 e. The zero-order chi connectivity index (χ0) is 10.3. The lowest BCUT2D eigenvalue weighted by molar-refractivity contribution is -0.299. The summed E-state index contributed by atoms with van der Waals surface area (Å²) in [6.07, 6.45) is 2.63. The zero-order valence-corrected chi connectivity index (χ0v) is 7.83. The number of carboxylic acid groups (broad SMARTS) is 1. The average molecular weight is 185 g/mol. The molecule has 0 heterocycles. The zero-order valence-electron chi connectivity index (χ0n) is 7.83. The van der Waals surface area contributed by atoms with Crippen molar-refractivity contribution in [3.05, 3.63) is 11.6 Å². The Bertz CT molecular complexity index is 218. The van der Waals surface area contributed by atoms with Gasteiger partial charge in [0.15, 0.2) is 0 Å². The van der Waals surface area contributed by atoms with E-state index in [0.29, 0.717) is 6.61 Å². The van der Waals surface area contributed by atoms with E-state index in [1.54, 1.807) is 0 Å². The molecule has 0 amide bonds. The smallest absolute Gasteiger partial charge is 0.331 e. The van der Waals surface area contributed by atoms with Crippen LogP contribution in [0.4, 0.5) is 0 Å². The van der Waals surface area contributed by atoms with Crippen molar-refractivity contribution in [1.82, 2.24) is 0 Å². The van der Waals surface area contributed by atoms with E-state index in [1.165, 1.54) is 6.92 Å². The minimum absolute atomic E-state index is 0.124. The van der Waals surface area contributed by atoms with E-state index >= 15 is 0 Å². The van der Waals surface area contributed by atoms with Crippen LogP contribution >= 0.6 is 0 Å². The molecule has 13 heavy (non-hydrogen) atoms. The second kappa shape index (κ2) is 6.22. The predicted molar refractivity (Wildman–Crippen MR) is 44.6 cm³/mol. The van der Waals surface area contributed by atoms with Crippen molar-refractivity contribution in [3.63, 3.8) is 0 Å². The molecule has 0 aromatic carbocycles. The number of unbranched alkanes of at least 4 members (excludes halogenated alkanes) is 1. The van der Waals surface area contributed by atoms with Gasteiger partial charge in [-0.15, -0.1) is 0 Å². The molecule has 74 valence electrons. The van der Waals surface area contributed by atoms with Gasteiger partial charge in [-0.2, -0.15) is 0 Å². The molecule has 0 aromatic heterocycles. The van der Waals surface area contributed by atoms with Gasteiger partial charge in [0.2, 0.25) is 0 Å². The highest BCUT2D eigenvalue weighted by Crippen LogP contribution is 1.94. The lowest BCUT2D eigenvalue weighted by Gasteiger charge is -2.02. The monoisotopic (exact) mass is 185 g/mol. The van der Waals surface area contributed by atoms with Crippen LogP contribution in [-0.4, -0.2) is 18.5 Å². The maximum Gasteiger partial charge on any atom is 0.331 e. The van der Waals surface area contributed by atoms with Crippen LogP contribution in [0.1, 0.15) is 26.7 Å². The number of ether oxygens (including phenoxy) is 1. The molecule has 0 N–H and O–H groups in total. The molecule has 0 spiro atoms. The molecule has 0 aliphatic rings. The fourth-order valence-corrected chi connectivity index (χ4v) is 0.594. The Balaban J connectivity index is 3.86. The van der Waals surface area contributed by atoms with E-state index in [1.807, 2.05) is 6.92 Å². The van der Waals surface area contributed by atoms with Gasteiger partial charge in [0.05, 0.1) is 12.6 Å². The number of hydrogen-bond acceptors (Lipinski definition) is 4. The van der Waals surface area contributed by atoms with Crippen LogP contribution in [0.3, 0.4) is 0 Å². The standard InChI is InChI=1S/C9H14O4/c1-3-4-5-13-8(10)6-7(2)9(11)12/h6H,3-5H2,1-2H3,(H,11,12)/p-1/b7-6+. The van der Waals surface area contributed by atoms with E-state index in [-0.39, 0.29) is 5.57 Å². The fourth-order valence-electron chi connectivity index (χ4n) is 0.594. The normalized spacial score (nSPS) is 11.1. The molecule has 0 atom stereocenters. The van der Waals surface area contributed by atoms with Crippen molar-refractivity contribution < 1.29 is 19.4 Å². The molecule has 0 saturated carbocycles. The number of hydrogen-bond donors (Lipinski definition) is 0. The summed E-state index contributed by atoms with van der Waals surface area (Å²) in [5.41, 5.74) is -0.124. The number of carbonyl (C=O) groups excluding carboxylic acids is 2. The van der Waals surface area contributed by atoms with Crippen molar-refractivity contribution >= 4 is 11.9 Å². The molecule has 0 saturated heterocycles. The SMILES string of the molecule is CCCCOC(=O)/C=C(\C)C(=O)[O-]. The number of rotatable bonds is 5. The van der Waals surface area contributed by atoms with E-state index in [2.05, 4.69) is 0 Å². The van der Waals surface area contributed by atoms with Gasteiger partial charge in [0.25, 0.3) is 0 Å². The Labute approximate surface area is 77.2 Å². The van der Waals surface area contributed by atoms with Crippen molar-refractivity contribution in [1.29, 1.82) is 0 Å². The van der Waals surface area contributed by atoms with Crippen molar-refractivity contribution in [3.8, 4) is 0 Å². The minimum Gasteiger partial charge on any atom is -0.545 e. The Hall–Kier alpha value is -1.32. The molecule has 0 aliphatic heterocycles. The van der Waals surface area contributed by atoms with Crippen molar-refractivity contribution in [2.24, 2.45) is 0 Å². The predicted octanol–water partition coefficient (Wildman–Crippen LogP) is 0.0259. The average Bonchev–Trinajstić information content (AvgIpc) is 2.04. The second-order valence-corrected chi connectivity index (χ2v) is 2.64. The molecular weight excluding hydrogens is 172 g/mol. The summed E-state index contributed by atoms with van der Waals surface area (Å²) in [6, 6.07) is 0. The van der Waals surface area contributed by atoms with Crippen LogP contribution in [-0.2, 0) is 14.3 Å². The molecule has 0 fully saturated rings. The third-order valence-corrected chi connectivity index (χ3v) is 1.40. The summed E-state index contributed by atoms with van der Waals surface area (Å²) in [5.74, 6) is -1.98. The van der Waals surface area contributed by atoms with Gasteiger partial charge in [-0.3, -0.25) is 0 Å². The van der Waals surface area contributed by atoms with E-state index in [4.69, 9.17) is 4.74 Å². The first-order valence-corrected chi connectivity index (χ1v) is 4.14. The highest BCUT2D eigenvalue weighted by atomic mass is 16.5. The molecule has 0 rings (SSSR count). The van der Waals surface area contributed by atoms with Crippen LogP contribution in [0, 0.1) is 0 Å². The highest BCUT2D eigenvalue weighted by Gasteiger charge is 1.98. The first-order valence-electron chi connectivity index (χ1n) is 4.14. The maximum absolute atomic E-state index is 10.8.